The number of nitrogens with zero attached hydrogens (tertiary/aromatic N) is 1. The van der Waals surface area contributed by atoms with Crippen molar-refractivity contribution in [3.8, 4) is 5.75 Å². The molecule has 1 fully saturated rings. The summed E-state index contributed by atoms with van der Waals surface area (Å²) in [6.07, 6.45) is 1.61. The first kappa shape index (κ1) is 20.6. The molecule has 0 bridgehead atoms. The summed E-state index contributed by atoms with van der Waals surface area (Å²) in [5.41, 5.74) is 0.920. The van der Waals surface area contributed by atoms with Crippen LogP contribution in [0.4, 0.5) is 14.9 Å². The number of amides is 3. The molecule has 0 unspecified atom stereocenters. The van der Waals surface area contributed by atoms with Gasteiger partial charge in [0.2, 0.25) is 5.91 Å². The van der Waals surface area contributed by atoms with Gasteiger partial charge in [0.1, 0.15) is 18.1 Å². The van der Waals surface area contributed by atoms with Gasteiger partial charge >= 0.3 is 0 Å². The van der Waals surface area contributed by atoms with Crippen LogP contribution in [0.3, 0.4) is 0 Å². The number of halogens is 1. The van der Waals surface area contributed by atoms with E-state index >= 15 is 0 Å². The number of hydrogen-bond acceptors (Lipinski definition) is 5. The summed E-state index contributed by atoms with van der Waals surface area (Å²) in [5, 5.41) is 3.77. The van der Waals surface area contributed by atoms with Crippen molar-refractivity contribution in [1.29, 1.82) is 0 Å². The molecule has 4 rings (SSSR count). The molecule has 0 saturated carbocycles. The molecular weight excluding hydrogens is 419 g/mol. The number of ether oxygens (including phenoxy) is 1. The molecule has 3 amide bonds. The Hall–Kier alpha value is -3.65. The van der Waals surface area contributed by atoms with Crippen molar-refractivity contribution in [2.75, 3.05) is 19.0 Å². The van der Waals surface area contributed by atoms with Gasteiger partial charge in [-0.15, -0.1) is 0 Å². The van der Waals surface area contributed by atoms with Gasteiger partial charge in [-0.3, -0.25) is 19.3 Å². The number of fused-ring (bicyclic) bond motifs is 1. The molecule has 0 aromatic heterocycles. The highest BCUT2D eigenvalue weighted by molar-refractivity contribution is 8.18. The van der Waals surface area contributed by atoms with Crippen LogP contribution in [0.5, 0.6) is 5.75 Å². The molecule has 3 aromatic carbocycles. The lowest BCUT2D eigenvalue weighted by Gasteiger charge is -2.12. The van der Waals surface area contributed by atoms with E-state index in [1.165, 1.54) is 25.3 Å². The highest BCUT2D eigenvalue weighted by Crippen LogP contribution is 2.36. The third kappa shape index (κ3) is 4.29. The second-order valence-corrected chi connectivity index (χ2v) is 7.72. The molecule has 8 heteroatoms. The second kappa shape index (κ2) is 8.61. The molecule has 0 aliphatic carbocycles. The number of imide groups is 1. The lowest BCUT2D eigenvalue weighted by Crippen LogP contribution is -2.36. The maximum atomic E-state index is 13.3. The van der Waals surface area contributed by atoms with Crippen LogP contribution >= 0.6 is 11.8 Å². The van der Waals surface area contributed by atoms with Crippen LogP contribution in [0.15, 0.2) is 65.6 Å². The lowest BCUT2D eigenvalue weighted by molar-refractivity contribution is -0.127. The van der Waals surface area contributed by atoms with E-state index in [0.29, 0.717) is 11.3 Å². The van der Waals surface area contributed by atoms with Crippen LogP contribution in [-0.2, 0) is 9.59 Å². The molecule has 0 atom stereocenters. The summed E-state index contributed by atoms with van der Waals surface area (Å²) < 4.78 is 18.7. The van der Waals surface area contributed by atoms with Crippen LogP contribution in [-0.4, -0.2) is 35.6 Å². The van der Waals surface area contributed by atoms with Crippen molar-refractivity contribution in [2.45, 2.75) is 0 Å². The number of nitrogens with one attached hydrogen (secondary N) is 1. The molecule has 31 heavy (non-hydrogen) atoms. The number of methoxy groups -OCH3 is 1. The van der Waals surface area contributed by atoms with Gasteiger partial charge in [0.25, 0.3) is 11.1 Å². The molecule has 3 aromatic rings. The number of rotatable bonds is 5. The molecule has 156 valence electrons. The second-order valence-electron chi connectivity index (χ2n) is 6.73. The predicted octanol–water partition coefficient (Wildman–Crippen LogP) is 4.66. The van der Waals surface area contributed by atoms with E-state index in [1.807, 2.05) is 30.3 Å². The number of hydrogen-bond donors (Lipinski definition) is 1. The van der Waals surface area contributed by atoms with E-state index in [-0.39, 0.29) is 10.6 Å². The van der Waals surface area contributed by atoms with Gasteiger partial charge in [0.15, 0.2) is 0 Å². The summed E-state index contributed by atoms with van der Waals surface area (Å²) in [5.74, 6) is -1.11. The molecule has 1 N–H and O–H groups in total. The Balaban J connectivity index is 1.58. The molecule has 1 saturated heterocycles. The number of benzene rings is 3. The Labute approximate surface area is 181 Å². The third-order valence-electron chi connectivity index (χ3n) is 4.71. The van der Waals surface area contributed by atoms with Gasteiger partial charge in [-0.05, 0) is 52.9 Å². The van der Waals surface area contributed by atoms with Gasteiger partial charge in [0.05, 0.1) is 12.0 Å². The Bertz CT molecular complexity index is 1240. The molecule has 0 spiro atoms. The molecule has 1 aliphatic heterocycles. The van der Waals surface area contributed by atoms with Gasteiger partial charge in [-0.1, -0.05) is 36.4 Å². The molecule has 1 aliphatic rings. The Morgan fingerprint density at radius 1 is 1.13 bits per heavy atom. The summed E-state index contributed by atoms with van der Waals surface area (Å²) >= 11 is 0.758. The number of anilines is 1. The smallest absolute Gasteiger partial charge is 0.294 e. The van der Waals surface area contributed by atoms with Crippen molar-refractivity contribution in [2.24, 2.45) is 0 Å². The highest BCUT2D eigenvalue weighted by Gasteiger charge is 2.36. The van der Waals surface area contributed by atoms with Crippen LogP contribution < -0.4 is 10.1 Å². The first-order chi connectivity index (χ1) is 15.0. The maximum Gasteiger partial charge on any atom is 0.294 e. The minimum atomic E-state index is -0.600. The van der Waals surface area contributed by atoms with E-state index in [0.717, 1.165) is 33.5 Å². The van der Waals surface area contributed by atoms with Crippen LogP contribution in [0.25, 0.3) is 16.8 Å². The average Bonchev–Trinajstić information content (AvgIpc) is 3.01. The molecule has 1 heterocycles. The van der Waals surface area contributed by atoms with Crippen LogP contribution in [0.2, 0.25) is 0 Å². The van der Waals surface area contributed by atoms with E-state index in [9.17, 15) is 18.8 Å². The van der Waals surface area contributed by atoms with Crippen molar-refractivity contribution in [1.82, 2.24) is 4.90 Å². The van der Waals surface area contributed by atoms with Gasteiger partial charge in [-0.25, -0.2) is 4.39 Å². The highest BCUT2D eigenvalue weighted by atomic mass is 32.2. The fraction of sp³-hybridized carbons (Fsp3) is 0.0870. The lowest BCUT2D eigenvalue weighted by atomic mass is 10.0. The van der Waals surface area contributed by atoms with Crippen LogP contribution in [0.1, 0.15) is 5.56 Å². The zero-order chi connectivity index (χ0) is 22.0. The topological polar surface area (TPSA) is 75.7 Å². The minimum absolute atomic E-state index is 0.193. The van der Waals surface area contributed by atoms with E-state index in [1.54, 1.807) is 12.1 Å². The fourth-order valence-corrected chi connectivity index (χ4v) is 4.10. The average molecular weight is 436 g/mol. The van der Waals surface area contributed by atoms with Crippen LogP contribution in [0, 0.1) is 5.82 Å². The Morgan fingerprint density at radius 3 is 2.71 bits per heavy atom. The Morgan fingerprint density at radius 2 is 1.94 bits per heavy atom. The zero-order valence-electron chi connectivity index (χ0n) is 16.4. The summed E-state index contributed by atoms with van der Waals surface area (Å²) in [6.45, 7) is -0.467. The molecule has 6 nitrogen and oxygen atoms in total. The first-order valence-electron chi connectivity index (χ1n) is 9.33. The zero-order valence-corrected chi connectivity index (χ0v) is 17.2. The van der Waals surface area contributed by atoms with Gasteiger partial charge < -0.3 is 10.1 Å². The normalized spacial score (nSPS) is 15.0. The predicted molar refractivity (Wildman–Crippen MR) is 118 cm³/mol. The standard InChI is InChI=1S/C23H17FN2O4S/c1-30-19-10-9-14-5-2-3-8-17(14)18(19)12-20-22(28)26(23(29)31-20)13-21(27)25-16-7-4-6-15(24)11-16/h2-12H,13H2,1H3,(H,25,27)/b20-12-. The largest absolute Gasteiger partial charge is 0.496 e. The third-order valence-corrected chi connectivity index (χ3v) is 5.62. The van der Waals surface area contributed by atoms with E-state index in [4.69, 9.17) is 4.74 Å². The number of thioether (sulfide) groups is 1. The summed E-state index contributed by atoms with van der Waals surface area (Å²) in [7, 11) is 1.53. The molecular formula is C23H17FN2O4S. The fourth-order valence-electron chi connectivity index (χ4n) is 3.28. The first-order valence-corrected chi connectivity index (χ1v) is 10.1. The van der Waals surface area contributed by atoms with Crippen molar-refractivity contribution in [3.63, 3.8) is 0 Å². The number of carbonyl (C=O) groups is 3. The summed E-state index contributed by atoms with van der Waals surface area (Å²) in [4.78, 5) is 38.6. The van der Waals surface area contributed by atoms with Gasteiger partial charge in [0, 0.05) is 11.3 Å². The van der Waals surface area contributed by atoms with Gasteiger partial charge in [-0.2, -0.15) is 0 Å². The maximum absolute atomic E-state index is 13.3. The van der Waals surface area contributed by atoms with E-state index in [2.05, 4.69) is 5.32 Å². The van der Waals surface area contributed by atoms with Crippen molar-refractivity contribution in [3.05, 3.63) is 76.9 Å². The SMILES string of the molecule is COc1ccc2ccccc2c1/C=C1\SC(=O)N(CC(=O)Nc2cccc(F)c2)C1=O. The number of carbonyl (C=O) groups excluding carboxylic acids is 3. The quantitative estimate of drug-likeness (QED) is 0.589. The van der Waals surface area contributed by atoms with Crippen molar-refractivity contribution < 1.29 is 23.5 Å². The van der Waals surface area contributed by atoms with E-state index < -0.39 is 29.4 Å². The van der Waals surface area contributed by atoms with Crippen molar-refractivity contribution >= 4 is 51.4 Å². The molecule has 0 radical (unpaired) electrons. The monoisotopic (exact) mass is 436 g/mol. The minimum Gasteiger partial charge on any atom is -0.496 e. The Kier molecular flexibility index (Phi) is 5.73. The summed E-state index contributed by atoms with van der Waals surface area (Å²) in [6, 6.07) is 16.7.